The van der Waals surface area contributed by atoms with Crippen LogP contribution in [0.3, 0.4) is 0 Å². The summed E-state index contributed by atoms with van der Waals surface area (Å²) >= 11 is 4.98. The van der Waals surface area contributed by atoms with Gasteiger partial charge in [0.2, 0.25) is 5.13 Å². The Morgan fingerprint density at radius 2 is 2.12 bits per heavy atom. The Balaban J connectivity index is 2.23. The number of nitrogens with two attached hydrogens (primary N) is 1. The number of hydrogen-bond donors (Lipinski definition) is 1. The highest BCUT2D eigenvalue weighted by Gasteiger charge is 2.14. The lowest BCUT2D eigenvalue weighted by Crippen LogP contribution is -2.01. The lowest BCUT2D eigenvalue weighted by atomic mass is 10.3. The van der Waals surface area contributed by atoms with Gasteiger partial charge in [-0.25, -0.2) is 4.98 Å². The lowest BCUT2D eigenvalue weighted by molar-refractivity contribution is 0.865. The Hall–Kier alpha value is -1.40. The van der Waals surface area contributed by atoms with Crippen LogP contribution in [0.15, 0.2) is 28.7 Å². The van der Waals surface area contributed by atoms with Crippen LogP contribution in [0.2, 0.25) is 0 Å². The van der Waals surface area contributed by atoms with E-state index in [1.54, 1.807) is 16.0 Å². The number of aromatic nitrogens is 3. The molecular formula is C11H9BrN4S. The van der Waals surface area contributed by atoms with E-state index in [9.17, 15) is 0 Å². The van der Waals surface area contributed by atoms with Crippen LogP contribution in [0.5, 0.6) is 0 Å². The van der Waals surface area contributed by atoms with Crippen molar-refractivity contribution in [2.24, 2.45) is 0 Å². The normalized spacial score (nSPS) is 11.2. The predicted molar refractivity (Wildman–Crippen MR) is 73.6 cm³/mol. The third-order valence-corrected chi connectivity index (χ3v) is 4.48. The maximum Gasteiger partial charge on any atom is 0.213 e. The molecule has 0 fully saturated rings. The number of nitrogens with zero attached hydrogens (tertiary/aromatic N) is 3. The maximum atomic E-state index is 5.98. The van der Waals surface area contributed by atoms with Crippen molar-refractivity contribution in [1.82, 2.24) is 14.8 Å². The number of benzene rings is 1. The average molecular weight is 309 g/mol. The van der Waals surface area contributed by atoms with Gasteiger partial charge in [-0.05, 0) is 35.0 Å². The van der Waals surface area contributed by atoms with Gasteiger partial charge in [0, 0.05) is 0 Å². The molecule has 0 radical (unpaired) electrons. The Morgan fingerprint density at radius 3 is 2.76 bits per heavy atom. The van der Waals surface area contributed by atoms with Crippen molar-refractivity contribution >= 4 is 43.3 Å². The second kappa shape index (κ2) is 3.82. The van der Waals surface area contributed by atoms with E-state index in [-0.39, 0.29) is 0 Å². The minimum absolute atomic E-state index is 0.585. The van der Waals surface area contributed by atoms with Gasteiger partial charge in [-0.3, -0.25) is 0 Å². The maximum absolute atomic E-state index is 5.98. The molecule has 3 aromatic rings. The number of rotatable bonds is 1. The van der Waals surface area contributed by atoms with Crippen molar-refractivity contribution in [3.8, 4) is 5.13 Å². The van der Waals surface area contributed by atoms with Gasteiger partial charge in [-0.1, -0.05) is 23.5 Å². The number of anilines is 1. The SMILES string of the molecule is Cc1nn(-c2nc3ccccc3s2)c(N)c1Br. The minimum Gasteiger partial charge on any atom is -0.383 e. The van der Waals surface area contributed by atoms with Crippen LogP contribution >= 0.6 is 27.3 Å². The third kappa shape index (κ3) is 1.64. The molecule has 0 bridgehead atoms. The number of para-hydroxylation sites is 1. The molecule has 0 amide bonds. The Labute approximate surface area is 110 Å². The lowest BCUT2D eigenvalue weighted by Gasteiger charge is -1.96. The summed E-state index contributed by atoms with van der Waals surface area (Å²) < 4.78 is 3.63. The first-order valence-electron chi connectivity index (χ1n) is 5.03. The summed E-state index contributed by atoms with van der Waals surface area (Å²) in [5.74, 6) is 0.585. The zero-order valence-electron chi connectivity index (χ0n) is 9.01. The summed E-state index contributed by atoms with van der Waals surface area (Å²) in [6.07, 6.45) is 0. The monoisotopic (exact) mass is 308 g/mol. The highest BCUT2D eigenvalue weighted by atomic mass is 79.9. The first kappa shape index (κ1) is 10.7. The fraction of sp³-hybridized carbons (Fsp3) is 0.0909. The Kier molecular flexibility index (Phi) is 2.41. The molecule has 0 spiro atoms. The molecule has 6 heteroatoms. The highest BCUT2D eigenvalue weighted by molar-refractivity contribution is 9.10. The molecule has 17 heavy (non-hydrogen) atoms. The summed E-state index contributed by atoms with van der Waals surface area (Å²) in [4.78, 5) is 4.52. The molecule has 2 heterocycles. The quantitative estimate of drug-likeness (QED) is 0.751. The summed E-state index contributed by atoms with van der Waals surface area (Å²) in [7, 11) is 0. The Bertz CT molecular complexity index is 668. The number of fused-ring (bicyclic) bond motifs is 1. The summed E-state index contributed by atoms with van der Waals surface area (Å²) in [6, 6.07) is 7.99. The van der Waals surface area contributed by atoms with Gasteiger partial charge < -0.3 is 5.73 Å². The standard InChI is InChI=1S/C11H9BrN4S/c1-6-9(12)10(13)16(15-6)11-14-7-4-2-3-5-8(7)17-11/h2-5H,13H2,1H3. The zero-order valence-corrected chi connectivity index (χ0v) is 11.4. The van der Waals surface area contributed by atoms with E-state index in [2.05, 4.69) is 26.0 Å². The van der Waals surface area contributed by atoms with E-state index in [4.69, 9.17) is 5.73 Å². The first-order chi connectivity index (χ1) is 8.16. The van der Waals surface area contributed by atoms with E-state index in [0.29, 0.717) is 5.82 Å². The van der Waals surface area contributed by atoms with Crippen molar-refractivity contribution in [3.63, 3.8) is 0 Å². The minimum atomic E-state index is 0.585. The van der Waals surface area contributed by atoms with E-state index >= 15 is 0 Å². The molecule has 4 nitrogen and oxygen atoms in total. The van der Waals surface area contributed by atoms with Gasteiger partial charge in [-0.15, -0.1) is 0 Å². The second-order valence-corrected chi connectivity index (χ2v) is 5.46. The molecule has 0 aliphatic rings. The molecular weight excluding hydrogens is 300 g/mol. The van der Waals surface area contributed by atoms with E-state index in [1.807, 2.05) is 31.2 Å². The molecule has 0 saturated carbocycles. The van der Waals surface area contributed by atoms with Gasteiger partial charge in [0.25, 0.3) is 0 Å². The van der Waals surface area contributed by atoms with Gasteiger partial charge in [0.1, 0.15) is 5.82 Å². The fourth-order valence-electron chi connectivity index (χ4n) is 1.62. The molecule has 0 atom stereocenters. The molecule has 3 rings (SSSR count). The van der Waals surface area contributed by atoms with Crippen LogP contribution in [0.1, 0.15) is 5.69 Å². The molecule has 0 saturated heterocycles. The van der Waals surface area contributed by atoms with Gasteiger partial charge in [0.05, 0.1) is 20.4 Å². The average Bonchev–Trinajstić information content (AvgIpc) is 2.86. The van der Waals surface area contributed by atoms with Crippen molar-refractivity contribution in [3.05, 3.63) is 34.4 Å². The highest BCUT2D eigenvalue weighted by Crippen LogP contribution is 2.30. The third-order valence-electron chi connectivity index (χ3n) is 2.48. The molecule has 1 aromatic carbocycles. The molecule has 86 valence electrons. The van der Waals surface area contributed by atoms with Crippen LogP contribution in [-0.4, -0.2) is 14.8 Å². The van der Waals surface area contributed by atoms with Crippen LogP contribution in [0.25, 0.3) is 15.3 Å². The van der Waals surface area contributed by atoms with E-state index in [0.717, 1.165) is 25.5 Å². The van der Waals surface area contributed by atoms with Gasteiger partial charge >= 0.3 is 0 Å². The number of halogens is 1. The zero-order chi connectivity index (χ0) is 12.0. The van der Waals surface area contributed by atoms with Crippen molar-refractivity contribution in [2.45, 2.75) is 6.92 Å². The summed E-state index contributed by atoms with van der Waals surface area (Å²) in [5, 5.41) is 5.16. The van der Waals surface area contributed by atoms with E-state index < -0.39 is 0 Å². The van der Waals surface area contributed by atoms with Gasteiger partial charge in [0.15, 0.2) is 0 Å². The van der Waals surface area contributed by atoms with Crippen LogP contribution < -0.4 is 5.73 Å². The fourth-order valence-corrected chi connectivity index (χ4v) is 2.80. The van der Waals surface area contributed by atoms with Gasteiger partial charge in [-0.2, -0.15) is 9.78 Å². The summed E-state index contributed by atoms with van der Waals surface area (Å²) in [5.41, 5.74) is 7.81. The van der Waals surface area contributed by atoms with Crippen LogP contribution in [0, 0.1) is 6.92 Å². The molecule has 0 aliphatic heterocycles. The van der Waals surface area contributed by atoms with E-state index in [1.165, 1.54) is 0 Å². The van der Waals surface area contributed by atoms with Crippen molar-refractivity contribution in [2.75, 3.05) is 5.73 Å². The molecule has 0 unspecified atom stereocenters. The number of aryl methyl sites for hydroxylation is 1. The smallest absolute Gasteiger partial charge is 0.213 e. The predicted octanol–water partition coefficient (Wildman–Crippen LogP) is 3.14. The second-order valence-electron chi connectivity index (χ2n) is 3.66. The number of nitrogen functional groups attached to an aromatic ring is 1. The summed E-state index contributed by atoms with van der Waals surface area (Å²) in [6.45, 7) is 1.91. The molecule has 0 aliphatic carbocycles. The number of thiazole rings is 1. The topological polar surface area (TPSA) is 56.7 Å². The van der Waals surface area contributed by atoms with Crippen LogP contribution in [-0.2, 0) is 0 Å². The first-order valence-corrected chi connectivity index (χ1v) is 6.64. The molecule has 2 N–H and O–H groups in total. The van der Waals surface area contributed by atoms with Crippen molar-refractivity contribution < 1.29 is 0 Å². The number of hydrogen-bond acceptors (Lipinski definition) is 4. The molecule has 2 aromatic heterocycles. The van der Waals surface area contributed by atoms with Crippen molar-refractivity contribution in [1.29, 1.82) is 0 Å². The Morgan fingerprint density at radius 1 is 1.35 bits per heavy atom. The van der Waals surface area contributed by atoms with Crippen LogP contribution in [0.4, 0.5) is 5.82 Å². The largest absolute Gasteiger partial charge is 0.383 e.